The molecule has 0 atom stereocenters. The van der Waals surface area contributed by atoms with Crippen molar-refractivity contribution < 1.29 is 0 Å². The van der Waals surface area contributed by atoms with Crippen LogP contribution in [0.2, 0.25) is 10.3 Å². The number of aromatic nitrogens is 4. The van der Waals surface area contributed by atoms with Crippen LogP contribution in [0.5, 0.6) is 0 Å². The van der Waals surface area contributed by atoms with E-state index < -0.39 is 0 Å². The Morgan fingerprint density at radius 1 is 0.950 bits per heavy atom. The van der Waals surface area contributed by atoms with Crippen molar-refractivity contribution in [2.24, 2.45) is 0 Å². The molecule has 0 fully saturated rings. The first-order chi connectivity index (χ1) is 9.58. The van der Waals surface area contributed by atoms with E-state index >= 15 is 0 Å². The largest absolute Gasteiger partial charge is 0.329 e. The van der Waals surface area contributed by atoms with E-state index in [-0.39, 0.29) is 16.0 Å². The maximum atomic E-state index is 12.3. The third kappa shape index (κ3) is 1.73. The molecule has 2 aromatic heterocycles. The molecule has 20 heavy (non-hydrogen) atoms. The number of aryl methyl sites for hydroxylation is 2. The highest BCUT2D eigenvalue weighted by Gasteiger charge is 2.15. The fraction of sp³-hybridized carbons (Fsp3) is 0.308. The number of hydrogen-bond acceptors (Lipinski definition) is 3. The van der Waals surface area contributed by atoms with Gasteiger partial charge in [-0.05, 0) is 26.0 Å². The van der Waals surface area contributed by atoms with Gasteiger partial charge in [-0.2, -0.15) is 0 Å². The smallest absolute Gasteiger partial charge is 0.292 e. The summed E-state index contributed by atoms with van der Waals surface area (Å²) in [7, 11) is 0. The SMILES string of the molecule is CCn1c(=O)n(CC)c2cc3c(Cl)nnc(Cl)c3cc21. The molecule has 0 bridgehead atoms. The first-order valence-corrected chi connectivity index (χ1v) is 7.08. The van der Waals surface area contributed by atoms with E-state index in [4.69, 9.17) is 23.2 Å². The maximum Gasteiger partial charge on any atom is 0.329 e. The Labute approximate surface area is 124 Å². The number of hydrogen-bond donors (Lipinski definition) is 0. The molecule has 2 heterocycles. The molecule has 0 aliphatic carbocycles. The lowest BCUT2D eigenvalue weighted by Crippen LogP contribution is -2.22. The lowest BCUT2D eigenvalue weighted by atomic mass is 10.2. The van der Waals surface area contributed by atoms with Crippen LogP contribution in [0.15, 0.2) is 16.9 Å². The summed E-state index contributed by atoms with van der Waals surface area (Å²) >= 11 is 12.2. The van der Waals surface area contributed by atoms with Crippen molar-refractivity contribution >= 4 is 45.0 Å². The van der Waals surface area contributed by atoms with Crippen molar-refractivity contribution in [3.63, 3.8) is 0 Å². The summed E-state index contributed by atoms with van der Waals surface area (Å²) in [6.07, 6.45) is 0. The molecule has 1 aromatic carbocycles. The zero-order valence-electron chi connectivity index (χ0n) is 11.0. The monoisotopic (exact) mass is 310 g/mol. The molecule has 104 valence electrons. The topological polar surface area (TPSA) is 52.7 Å². The average Bonchev–Trinajstić information content (AvgIpc) is 2.71. The average molecular weight is 311 g/mol. The van der Waals surface area contributed by atoms with Crippen LogP contribution in [-0.4, -0.2) is 19.3 Å². The highest BCUT2D eigenvalue weighted by atomic mass is 35.5. The van der Waals surface area contributed by atoms with E-state index in [9.17, 15) is 4.79 Å². The summed E-state index contributed by atoms with van der Waals surface area (Å²) < 4.78 is 3.42. The summed E-state index contributed by atoms with van der Waals surface area (Å²) in [4.78, 5) is 12.3. The van der Waals surface area contributed by atoms with Gasteiger partial charge in [-0.25, -0.2) is 4.79 Å². The number of benzene rings is 1. The number of halogens is 2. The predicted octanol–water partition coefficient (Wildman–Crippen LogP) is 3.09. The summed E-state index contributed by atoms with van der Waals surface area (Å²) in [5, 5.41) is 9.59. The molecule has 5 nitrogen and oxygen atoms in total. The van der Waals surface area contributed by atoms with Crippen LogP contribution in [0.4, 0.5) is 0 Å². The van der Waals surface area contributed by atoms with Gasteiger partial charge >= 0.3 is 5.69 Å². The third-order valence-corrected chi connectivity index (χ3v) is 4.02. The van der Waals surface area contributed by atoms with E-state index in [1.165, 1.54) is 0 Å². The molecule has 0 amide bonds. The van der Waals surface area contributed by atoms with Gasteiger partial charge in [0.15, 0.2) is 10.3 Å². The van der Waals surface area contributed by atoms with Gasteiger partial charge in [-0.1, -0.05) is 23.2 Å². The molecular weight excluding hydrogens is 299 g/mol. The minimum Gasteiger partial charge on any atom is -0.292 e. The van der Waals surface area contributed by atoms with Gasteiger partial charge in [0.05, 0.1) is 11.0 Å². The summed E-state index contributed by atoms with van der Waals surface area (Å²) in [6, 6.07) is 3.70. The second kappa shape index (κ2) is 4.75. The van der Waals surface area contributed by atoms with E-state index in [1.807, 2.05) is 26.0 Å². The maximum absolute atomic E-state index is 12.3. The lowest BCUT2D eigenvalue weighted by Gasteiger charge is -2.04. The van der Waals surface area contributed by atoms with Gasteiger partial charge in [0.1, 0.15) is 0 Å². The van der Waals surface area contributed by atoms with Crippen LogP contribution in [0.3, 0.4) is 0 Å². The van der Waals surface area contributed by atoms with Crippen molar-refractivity contribution in [3.8, 4) is 0 Å². The lowest BCUT2D eigenvalue weighted by molar-refractivity contribution is 0.671. The fourth-order valence-corrected chi connectivity index (χ4v) is 2.90. The number of imidazole rings is 1. The molecule has 3 rings (SSSR count). The molecule has 0 unspecified atom stereocenters. The Kier molecular flexibility index (Phi) is 3.18. The number of nitrogens with zero attached hydrogens (tertiary/aromatic N) is 4. The molecule has 7 heteroatoms. The van der Waals surface area contributed by atoms with Crippen LogP contribution < -0.4 is 5.69 Å². The van der Waals surface area contributed by atoms with Crippen molar-refractivity contribution in [2.75, 3.05) is 0 Å². The number of rotatable bonds is 2. The van der Waals surface area contributed by atoms with Gasteiger partial charge < -0.3 is 0 Å². The molecule has 0 saturated carbocycles. The van der Waals surface area contributed by atoms with Crippen LogP contribution in [0, 0.1) is 0 Å². The van der Waals surface area contributed by atoms with Crippen LogP contribution in [0.25, 0.3) is 21.8 Å². The predicted molar refractivity (Wildman–Crippen MR) is 80.7 cm³/mol. The second-order valence-corrected chi connectivity index (χ2v) is 5.16. The van der Waals surface area contributed by atoms with Crippen molar-refractivity contribution in [3.05, 3.63) is 32.9 Å². The molecule has 0 radical (unpaired) electrons. The van der Waals surface area contributed by atoms with Crippen LogP contribution >= 0.6 is 23.2 Å². The van der Waals surface area contributed by atoms with E-state index in [2.05, 4.69) is 10.2 Å². The summed E-state index contributed by atoms with van der Waals surface area (Å²) in [5.74, 6) is 0. The zero-order chi connectivity index (χ0) is 14.4. The number of fused-ring (bicyclic) bond motifs is 2. The minimum absolute atomic E-state index is 0.0338. The van der Waals surface area contributed by atoms with E-state index in [1.54, 1.807) is 9.13 Å². The standard InChI is InChI=1S/C13H12Cl2N4O/c1-3-18-9-5-7-8(12(15)17-16-11(7)14)6-10(9)19(4-2)13(18)20/h5-6H,3-4H2,1-2H3. The normalized spacial score (nSPS) is 11.6. The zero-order valence-corrected chi connectivity index (χ0v) is 12.5. The van der Waals surface area contributed by atoms with Crippen molar-refractivity contribution in [1.82, 2.24) is 19.3 Å². The quantitative estimate of drug-likeness (QED) is 0.731. The van der Waals surface area contributed by atoms with Crippen molar-refractivity contribution in [1.29, 1.82) is 0 Å². The van der Waals surface area contributed by atoms with Gasteiger partial charge in [0.2, 0.25) is 0 Å². The molecular formula is C13H12Cl2N4O. The molecule has 0 saturated heterocycles. The summed E-state index contributed by atoms with van der Waals surface area (Å²) in [6.45, 7) is 5.06. The summed E-state index contributed by atoms with van der Waals surface area (Å²) in [5.41, 5.74) is 1.63. The molecule has 0 N–H and O–H groups in total. The Hall–Kier alpha value is -1.59. The molecule has 3 aromatic rings. The molecule has 0 spiro atoms. The molecule has 0 aliphatic heterocycles. The van der Waals surface area contributed by atoms with E-state index in [0.717, 1.165) is 11.0 Å². The minimum atomic E-state index is -0.0338. The Bertz CT molecular complexity index is 812. The first kappa shape index (κ1) is 13.4. The highest BCUT2D eigenvalue weighted by molar-refractivity contribution is 6.38. The van der Waals surface area contributed by atoms with Crippen LogP contribution in [-0.2, 0) is 13.1 Å². The van der Waals surface area contributed by atoms with Crippen LogP contribution in [0.1, 0.15) is 13.8 Å². The Morgan fingerprint density at radius 2 is 1.35 bits per heavy atom. The van der Waals surface area contributed by atoms with Gasteiger partial charge in [-0.3, -0.25) is 9.13 Å². The first-order valence-electron chi connectivity index (χ1n) is 6.33. The second-order valence-electron chi connectivity index (χ2n) is 4.44. The van der Waals surface area contributed by atoms with Crippen molar-refractivity contribution in [2.45, 2.75) is 26.9 Å². The molecule has 0 aliphatic rings. The Balaban J connectivity index is 2.58. The van der Waals surface area contributed by atoms with Gasteiger partial charge in [0.25, 0.3) is 0 Å². The third-order valence-electron chi connectivity index (χ3n) is 3.46. The fourth-order valence-electron chi connectivity index (χ4n) is 2.51. The highest BCUT2D eigenvalue weighted by Crippen LogP contribution is 2.30. The van der Waals surface area contributed by atoms with Gasteiger partial charge in [0, 0.05) is 23.9 Å². The van der Waals surface area contributed by atoms with Gasteiger partial charge in [-0.15, -0.1) is 10.2 Å². The van der Waals surface area contributed by atoms with E-state index in [0.29, 0.717) is 23.9 Å². The Morgan fingerprint density at radius 3 is 1.70 bits per heavy atom.